The highest BCUT2D eigenvalue weighted by Gasteiger charge is 2.20. The van der Waals surface area contributed by atoms with Gasteiger partial charge in [-0.3, -0.25) is 4.79 Å². The maximum absolute atomic E-state index is 12.3. The van der Waals surface area contributed by atoms with Gasteiger partial charge in [-0.15, -0.1) is 0 Å². The number of nitrogens with zero attached hydrogens (tertiary/aromatic N) is 1. The van der Waals surface area contributed by atoms with Crippen LogP contribution in [-0.2, 0) is 9.53 Å². The summed E-state index contributed by atoms with van der Waals surface area (Å²) in [5.41, 5.74) is 2.08. The molecule has 1 N–H and O–H groups in total. The molecule has 1 heterocycles. The highest BCUT2D eigenvalue weighted by atomic mass is 16.5. The monoisotopic (exact) mass is 314 g/mol. The molecule has 4 heteroatoms. The first-order valence-electron chi connectivity index (χ1n) is 8.60. The average molecular weight is 314 g/mol. The molecule has 0 radical (unpaired) electrons. The van der Waals surface area contributed by atoms with E-state index in [4.69, 9.17) is 4.74 Å². The van der Waals surface area contributed by atoms with Crippen LogP contribution < -0.4 is 10.2 Å². The number of amides is 1. The van der Waals surface area contributed by atoms with Crippen LogP contribution in [0.25, 0.3) is 0 Å². The minimum absolute atomic E-state index is 0.115. The van der Waals surface area contributed by atoms with E-state index in [2.05, 4.69) is 34.5 Å². The van der Waals surface area contributed by atoms with Crippen molar-refractivity contribution >= 4 is 17.3 Å². The second-order valence-electron chi connectivity index (χ2n) is 6.46. The van der Waals surface area contributed by atoms with Gasteiger partial charge in [0.05, 0.1) is 6.10 Å². The van der Waals surface area contributed by atoms with E-state index in [1.165, 1.54) is 5.69 Å². The number of ether oxygens (including phenoxy) is 1. The van der Waals surface area contributed by atoms with E-state index in [1.807, 2.05) is 12.1 Å². The van der Waals surface area contributed by atoms with Crippen LogP contribution in [0.5, 0.6) is 0 Å². The van der Waals surface area contributed by atoms with Crippen molar-refractivity contribution in [3.63, 3.8) is 0 Å². The van der Waals surface area contributed by atoms with Crippen LogP contribution in [0.15, 0.2) is 36.4 Å². The summed E-state index contributed by atoms with van der Waals surface area (Å²) in [4.78, 5) is 14.6. The van der Waals surface area contributed by atoms with Crippen molar-refractivity contribution in [1.29, 1.82) is 0 Å². The third-order valence-electron chi connectivity index (χ3n) is 4.85. The van der Waals surface area contributed by atoms with Crippen LogP contribution in [0.4, 0.5) is 11.4 Å². The molecule has 4 nitrogen and oxygen atoms in total. The van der Waals surface area contributed by atoms with E-state index >= 15 is 0 Å². The lowest BCUT2D eigenvalue weighted by atomic mass is 9.93. The molecule has 124 valence electrons. The SMILES string of the molecule is CO[C@H]1CCCN(c2ccc(NC(=O)[C@@H]3CC=CCC3)cc2)C1. The van der Waals surface area contributed by atoms with Crippen molar-refractivity contribution < 1.29 is 9.53 Å². The van der Waals surface area contributed by atoms with Gasteiger partial charge in [-0.05, 0) is 56.4 Å². The molecule has 23 heavy (non-hydrogen) atoms. The first-order chi connectivity index (χ1) is 11.3. The maximum Gasteiger partial charge on any atom is 0.227 e. The number of methoxy groups -OCH3 is 1. The summed E-state index contributed by atoms with van der Waals surface area (Å²) in [6.45, 7) is 2.01. The van der Waals surface area contributed by atoms with E-state index in [0.717, 1.165) is 50.9 Å². The Morgan fingerprint density at radius 1 is 1.22 bits per heavy atom. The Bertz CT molecular complexity index is 553. The summed E-state index contributed by atoms with van der Waals surface area (Å²) in [5, 5.41) is 3.05. The summed E-state index contributed by atoms with van der Waals surface area (Å²) >= 11 is 0. The molecular formula is C19H26N2O2. The van der Waals surface area contributed by atoms with Crippen LogP contribution >= 0.6 is 0 Å². The van der Waals surface area contributed by atoms with Crippen LogP contribution in [-0.4, -0.2) is 32.2 Å². The number of nitrogens with one attached hydrogen (secondary N) is 1. The van der Waals surface area contributed by atoms with Gasteiger partial charge in [-0.2, -0.15) is 0 Å². The molecular weight excluding hydrogens is 288 g/mol. The number of anilines is 2. The summed E-state index contributed by atoms with van der Waals surface area (Å²) in [6, 6.07) is 8.19. The van der Waals surface area contributed by atoms with Crippen molar-refractivity contribution in [2.75, 3.05) is 30.4 Å². The fourth-order valence-corrected chi connectivity index (χ4v) is 3.40. The van der Waals surface area contributed by atoms with Gasteiger partial charge in [0, 0.05) is 37.5 Å². The lowest BCUT2D eigenvalue weighted by molar-refractivity contribution is -0.120. The number of hydrogen-bond acceptors (Lipinski definition) is 3. The zero-order chi connectivity index (χ0) is 16.1. The number of carbonyl (C=O) groups excluding carboxylic acids is 1. The largest absolute Gasteiger partial charge is 0.380 e. The molecule has 0 saturated carbocycles. The highest BCUT2D eigenvalue weighted by molar-refractivity contribution is 5.92. The predicted octanol–water partition coefficient (Wildman–Crippen LogP) is 3.60. The third-order valence-corrected chi connectivity index (χ3v) is 4.85. The van der Waals surface area contributed by atoms with Crippen molar-refractivity contribution in [2.24, 2.45) is 5.92 Å². The predicted molar refractivity (Wildman–Crippen MR) is 93.8 cm³/mol. The van der Waals surface area contributed by atoms with Crippen LogP contribution in [0, 0.1) is 5.92 Å². The van der Waals surface area contributed by atoms with Gasteiger partial charge in [-0.1, -0.05) is 12.2 Å². The first-order valence-corrected chi connectivity index (χ1v) is 8.60. The van der Waals surface area contributed by atoms with Crippen LogP contribution in [0.2, 0.25) is 0 Å². The summed E-state index contributed by atoms with van der Waals surface area (Å²) in [5.74, 6) is 0.253. The van der Waals surface area contributed by atoms with E-state index in [1.54, 1.807) is 7.11 Å². The molecule has 1 aliphatic carbocycles. The number of carbonyl (C=O) groups is 1. The minimum Gasteiger partial charge on any atom is -0.380 e. The Labute approximate surface area is 138 Å². The molecule has 2 aliphatic rings. The molecule has 1 saturated heterocycles. The van der Waals surface area contributed by atoms with Crippen molar-refractivity contribution in [1.82, 2.24) is 0 Å². The molecule has 2 atom stereocenters. The number of benzene rings is 1. The molecule has 1 aromatic rings. The van der Waals surface area contributed by atoms with Gasteiger partial charge in [0.15, 0.2) is 0 Å². The van der Waals surface area contributed by atoms with Crippen LogP contribution in [0.3, 0.4) is 0 Å². The van der Waals surface area contributed by atoms with E-state index in [-0.39, 0.29) is 11.8 Å². The van der Waals surface area contributed by atoms with E-state index in [9.17, 15) is 4.79 Å². The average Bonchev–Trinajstić information content (AvgIpc) is 2.63. The van der Waals surface area contributed by atoms with Gasteiger partial charge < -0.3 is 15.0 Å². The van der Waals surface area contributed by atoms with Gasteiger partial charge in [-0.25, -0.2) is 0 Å². The fraction of sp³-hybridized carbons (Fsp3) is 0.526. The summed E-state index contributed by atoms with van der Waals surface area (Å²) in [7, 11) is 1.78. The Balaban J connectivity index is 1.58. The van der Waals surface area contributed by atoms with Gasteiger partial charge >= 0.3 is 0 Å². The Kier molecular flexibility index (Phi) is 5.34. The molecule has 0 aromatic heterocycles. The topological polar surface area (TPSA) is 41.6 Å². The number of hydrogen-bond donors (Lipinski definition) is 1. The summed E-state index contributed by atoms with van der Waals surface area (Å²) < 4.78 is 5.48. The second kappa shape index (κ2) is 7.64. The zero-order valence-electron chi connectivity index (χ0n) is 13.8. The lowest BCUT2D eigenvalue weighted by Crippen LogP contribution is -2.39. The first kappa shape index (κ1) is 16.1. The normalized spacial score (nSPS) is 24.5. The van der Waals surface area contributed by atoms with Gasteiger partial charge in [0.25, 0.3) is 0 Å². The molecule has 1 aliphatic heterocycles. The Morgan fingerprint density at radius 2 is 2.04 bits per heavy atom. The van der Waals surface area contributed by atoms with E-state index < -0.39 is 0 Å². The molecule has 1 aromatic carbocycles. The smallest absolute Gasteiger partial charge is 0.227 e. The Morgan fingerprint density at radius 3 is 2.74 bits per heavy atom. The van der Waals surface area contributed by atoms with Crippen LogP contribution in [0.1, 0.15) is 32.1 Å². The standard InChI is InChI=1S/C19H26N2O2/c1-23-18-8-5-13-21(14-18)17-11-9-16(10-12-17)20-19(22)15-6-3-2-4-7-15/h2-3,9-12,15,18H,4-8,13-14H2,1H3,(H,20,22)/t15-,18+/m1/s1. The zero-order valence-corrected chi connectivity index (χ0v) is 13.8. The highest BCUT2D eigenvalue weighted by Crippen LogP contribution is 2.24. The van der Waals surface area contributed by atoms with Crippen molar-refractivity contribution in [3.8, 4) is 0 Å². The maximum atomic E-state index is 12.3. The molecule has 0 unspecified atom stereocenters. The third kappa shape index (κ3) is 4.14. The van der Waals surface area contributed by atoms with E-state index in [0.29, 0.717) is 6.10 Å². The number of piperidine rings is 1. The molecule has 1 fully saturated rings. The molecule has 1 amide bonds. The lowest BCUT2D eigenvalue weighted by Gasteiger charge is -2.33. The molecule has 3 rings (SSSR count). The van der Waals surface area contributed by atoms with Gasteiger partial charge in [0.1, 0.15) is 0 Å². The Hall–Kier alpha value is -1.81. The fourth-order valence-electron chi connectivity index (χ4n) is 3.40. The number of rotatable bonds is 4. The summed E-state index contributed by atoms with van der Waals surface area (Å²) in [6.07, 6.45) is 9.70. The number of allylic oxidation sites excluding steroid dienone is 2. The molecule has 0 spiro atoms. The minimum atomic E-state index is 0.115. The van der Waals surface area contributed by atoms with Crippen molar-refractivity contribution in [2.45, 2.75) is 38.2 Å². The van der Waals surface area contributed by atoms with Crippen molar-refractivity contribution in [3.05, 3.63) is 36.4 Å². The van der Waals surface area contributed by atoms with Gasteiger partial charge in [0.2, 0.25) is 5.91 Å². The second-order valence-corrected chi connectivity index (χ2v) is 6.46. The quantitative estimate of drug-likeness (QED) is 0.864. The molecule has 0 bridgehead atoms.